The molecule has 0 bridgehead atoms. The van der Waals surface area contributed by atoms with Gasteiger partial charge in [0.15, 0.2) is 0 Å². The molecule has 3 nitrogen and oxygen atoms in total. The van der Waals surface area contributed by atoms with Crippen LogP contribution in [0, 0.1) is 0 Å². The molecule has 2 rings (SSSR count). The summed E-state index contributed by atoms with van der Waals surface area (Å²) >= 11 is 6.01. The van der Waals surface area contributed by atoms with Crippen LogP contribution in [0.15, 0.2) is 42.5 Å². The predicted octanol–water partition coefficient (Wildman–Crippen LogP) is 4.00. The van der Waals surface area contributed by atoms with Crippen LogP contribution >= 0.6 is 11.6 Å². The fraction of sp³-hybridized carbons (Fsp3) is 0.0625. The van der Waals surface area contributed by atoms with Crippen molar-refractivity contribution >= 4 is 29.7 Å². The van der Waals surface area contributed by atoms with Gasteiger partial charge in [0.2, 0.25) is 0 Å². The first-order valence-corrected chi connectivity index (χ1v) is 6.33. The van der Waals surface area contributed by atoms with Crippen molar-refractivity contribution in [3.05, 3.63) is 64.2 Å². The van der Waals surface area contributed by atoms with Crippen LogP contribution in [-0.4, -0.2) is 18.2 Å². The van der Waals surface area contributed by atoms with E-state index in [1.54, 1.807) is 24.3 Å². The van der Waals surface area contributed by atoms with E-state index in [9.17, 15) is 9.90 Å². The topological polar surface area (TPSA) is 46.5 Å². The number of methoxy groups -OCH3 is 1. The molecule has 0 spiro atoms. The van der Waals surface area contributed by atoms with Gasteiger partial charge in [0.25, 0.3) is 0 Å². The van der Waals surface area contributed by atoms with Gasteiger partial charge in [-0.15, -0.1) is 0 Å². The van der Waals surface area contributed by atoms with Crippen molar-refractivity contribution in [2.75, 3.05) is 7.11 Å². The van der Waals surface area contributed by atoms with E-state index in [2.05, 4.69) is 4.74 Å². The largest absolute Gasteiger partial charge is 0.508 e. The number of ether oxygens (including phenoxy) is 1. The average molecular weight is 289 g/mol. The number of carbonyl (C=O) groups is 1. The van der Waals surface area contributed by atoms with Gasteiger partial charge in [-0.25, -0.2) is 4.79 Å². The highest BCUT2D eigenvalue weighted by molar-refractivity contribution is 6.32. The molecular formula is C16H13ClO3. The molecule has 0 saturated carbocycles. The third-order valence-electron chi connectivity index (χ3n) is 2.77. The normalized spacial score (nSPS) is 10.7. The Bertz CT molecular complexity index is 645. The summed E-state index contributed by atoms with van der Waals surface area (Å²) in [7, 11) is 1.35. The summed E-state index contributed by atoms with van der Waals surface area (Å²) in [5, 5.41) is 9.76. The number of phenolic OH excluding ortho intramolecular Hbond substituents is 1. The molecule has 20 heavy (non-hydrogen) atoms. The number of carbonyl (C=O) groups excluding carboxylic acids is 1. The average Bonchev–Trinajstić information content (AvgIpc) is 2.46. The minimum absolute atomic E-state index is 0.134. The maximum absolute atomic E-state index is 11.3. The molecule has 0 amide bonds. The summed E-state index contributed by atoms with van der Waals surface area (Å²) in [6.07, 6.45) is 3.72. The zero-order valence-electron chi connectivity index (χ0n) is 10.8. The summed E-state index contributed by atoms with van der Waals surface area (Å²) < 4.78 is 4.63. The Balaban J connectivity index is 2.17. The minimum atomic E-state index is -0.359. The predicted molar refractivity (Wildman–Crippen MR) is 79.8 cm³/mol. The molecule has 0 heterocycles. The van der Waals surface area contributed by atoms with E-state index in [4.69, 9.17) is 11.6 Å². The number of hydrogen-bond acceptors (Lipinski definition) is 3. The van der Waals surface area contributed by atoms with Crippen molar-refractivity contribution in [3.8, 4) is 5.75 Å². The Morgan fingerprint density at radius 1 is 1.15 bits per heavy atom. The van der Waals surface area contributed by atoms with Crippen LogP contribution in [0.3, 0.4) is 0 Å². The van der Waals surface area contributed by atoms with Crippen molar-refractivity contribution in [1.82, 2.24) is 0 Å². The third-order valence-corrected chi connectivity index (χ3v) is 3.10. The van der Waals surface area contributed by atoms with Gasteiger partial charge >= 0.3 is 5.97 Å². The van der Waals surface area contributed by atoms with E-state index in [0.717, 1.165) is 11.1 Å². The molecule has 1 N–H and O–H groups in total. The standard InChI is InChI=1S/C16H13ClO3/c1-20-16(19)13-6-3-11(4-7-13)2-5-12-8-9-14(18)10-15(12)17/h2-10,18H,1H3. The molecule has 0 atom stereocenters. The van der Waals surface area contributed by atoms with Gasteiger partial charge in [0, 0.05) is 0 Å². The summed E-state index contributed by atoms with van der Waals surface area (Å²) in [5.41, 5.74) is 2.25. The van der Waals surface area contributed by atoms with Crippen LogP contribution in [0.4, 0.5) is 0 Å². The highest BCUT2D eigenvalue weighted by Crippen LogP contribution is 2.23. The zero-order chi connectivity index (χ0) is 14.5. The molecule has 0 saturated heterocycles. The van der Waals surface area contributed by atoms with Gasteiger partial charge in [-0.1, -0.05) is 35.9 Å². The number of aromatic hydroxyl groups is 1. The van der Waals surface area contributed by atoms with Crippen LogP contribution in [0.25, 0.3) is 12.2 Å². The van der Waals surface area contributed by atoms with Crippen LogP contribution in [0.2, 0.25) is 5.02 Å². The van der Waals surface area contributed by atoms with Crippen LogP contribution in [0.1, 0.15) is 21.5 Å². The number of halogens is 1. The highest BCUT2D eigenvalue weighted by Gasteiger charge is 2.03. The van der Waals surface area contributed by atoms with Crippen molar-refractivity contribution in [1.29, 1.82) is 0 Å². The molecule has 4 heteroatoms. The number of benzene rings is 2. The van der Waals surface area contributed by atoms with E-state index in [1.807, 2.05) is 24.3 Å². The molecule has 2 aromatic carbocycles. The van der Waals surface area contributed by atoms with Gasteiger partial charge in [-0.2, -0.15) is 0 Å². The second kappa shape index (κ2) is 6.26. The van der Waals surface area contributed by atoms with E-state index in [1.165, 1.54) is 13.2 Å². The quantitative estimate of drug-likeness (QED) is 0.686. The van der Waals surface area contributed by atoms with Crippen molar-refractivity contribution in [3.63, 3.8) is 0 Å². The van der Waals surface area contributed by atoms with Crippen LogP contribution < -0.4 is 0 Å². The SMILES string of the molecule is COC(=O)c1ccc(C=Cc2ccc(O)cc2Cl)cc1. The second-order valence-corrected chi connectivity index (χ2v) is 4.56. The van der Waals surface area contributed by atoms with Crippen molar-refractivity contribution < 1.29 is 14.6 Å². The maximum Gasteiger partial charge on any atom is 0.337 e. The number of esters is 1. The van der Waals surface area contributed by atoms with Gasteiger partial charge in [0.05, 0.1) is 17.7 Å². The molecular weight excluding hydrogens is 276 g/mol. The third kappa shape index (κ3) is 3.39. The lowest BCUT2D eigenvalue weighted by Gasteiger charge is -2.01. The molecule has 0 aliphatic rings. The molecule has 0 fully saturated rings. The monoisotopic (exact) mass is 288 g/mol. The summed E-state index contributed by atoms with van der Waals surface area (Å²) in [6, 6.07) is 11.8. The van der Waals surface area contributed by atoms with Crippen molar-refractivity contribution in [2.45, 2.75) is 0 Å². The first kappa shape index (κ1) is 14.2. The smallest absolute Gasteiger partial charge is 0.337 e. The van der Waals surface area contributed by atoms with Crippen LogP contribution in [0.5, 0.6) is 5.75 Å². The molecule has 0 aromatic heterocycles. The number of rotatable bonds is 3. The Morgan fingerprint density at radius 3 is 2.45 bits per heavy atom. The Hall–Kier alpha value is -2.26. The fourth-order valence-electron chi connectivity index (χ4n) is 1.69. The second-order valence-electron chi connectivity index (χ2n) is 4.15. The Labute approximate surface area is 122 Å². The van der Waals surface area contributed by atoms with Gasteiger partial charge in [0.1, 0.15) is 5.75 Å². The number of phenols is 1. The Kier molecular flexibility index (Phi) is 4.43. The van der Waals surface area contributed by atoms with Gasteiger partial charge < -0.3 is 9.84 Å². The van der Waals surface area contributed by atoms with E-state index in [0.29, 0.717) is 10.6 Å². The highest BCUT2D eigenvalue weighted by atomic mass is 35.5. The molecule has 0 radical (unpaired) electrons. The van der Waals surface area contributed by atoms with Gasteiger partial charge in [-0.05, 0) is 41.5 Å². The fourth-order valence-corrected chi connectivity index (χ4v) is 1.92. The lowest BCUT2D eigenvalue weighted by Crippen LogP contribution is -2.00. The maximum atomic E-state index is 11.3. The first-order valence-electron chi connectivity index (χ1n) is 5.95. The van der Waals surface area contributed by atoms with E-state index >= 15 is 0 Å². The lowest BCUT2D eigenvalue weighted by atomic mass is 10.1. The lowest BCUT2D eigenvalue weighted by molar-refractivity contribution is 0.0600. The molecule has 102 valence electrons. The number of hydrogen-bond donors (Lipinski definition) is 1. The van der Waals surface area contributed by atoms with Crippen molar-refractivity contribution in [2.24, 2.45) is 0 Å². The molecule has 2 aromatic rings. The molecule has 0 unspecified atom stereocenters. The minimum Gasteiger partial charge on any atom is -0.508 e. The van der Waals surface area contributed by atoms with E-state index in [-0.39, 0.29) is 11.7 Å². The first-order chi connectivity index (χ1) is 9.60. The zero-order valence-corrected chi connectivity index (χ0v) is 11.6. The summed E-state index contributed by atoms with van der Waals surface area (Å²) in [5.74, 6) is -0.225. The van der Waals surface area contributed by atoms with E-state index < -0.39 is 0 Å². The Morgan fingerprint density at radius 2 is 1.85 bits per heavy atom. The molecule has 0 aliphatic carbocycles. The summed E-state index contributed by atoms with van der Waals surface area (Å²) in [6.45, 7) is 0. The molecule has 0 aliphatic heterocycles. The van der Waals surface area contributed by atoms with Gasteiger partial charge in [-0.3, -0.25) is 0 Å². The van der Waals surface area contributed by atoms with Crippen LogP contribution in [-0.2, 0) is 4.74 Å². The summed E-state index contributed by atoms with van der Waals surface area (Å²) in [4.78, 5) is 11.3.